The first-order valence-electron chi connectivity index (χ1n) is 5.41. The van der Waals surface area contributed by atoms with E-state index in [9.17, 15) is 13.2 Å². The summed E-state index contributed by atoms with van der Waals surface area (Å²) in [4.78, 5) is 3.80. The largest absolute Gasteiger partial charge is 0.573 e. The van der Waals surface area contributed by atoms with Gasteiger partial charge in [0, 0.05) is 12.6 Å². The minimum absolute atomic E-state index is 0.0119. The molecule has 0 aliphatic carbocycles. The van der Waals surface area contributed by atoms with Crippen molar-refractivity contribution in [2.45, 2.75) is 26.3 Å². The maximum absolute atomic E-state index is 11.9. The summed E-state index contributed by atoms with van der Waals surface area (Å²) >= 11 is 0. The molecule has 0 bridgehead atoms. The van der Waals surface area contributed by atoms with Crippen LogP contribution in [0.25, 0.3) is 0 Å². The van der Waals surface area contributed by atoms with Crippen molar-refractivity contribution in [3.05, 3.63) is 18.3 Å². The van der Waals surface area contributed by atoms with Gasteiger partial charge < -0.3 is 15.2 Å². The number of aromatic nitrogens is 1. The molecule has 0 aliphatic rings. The monoisotopic (exact) mass is 264 g/mol. The van der Waals surface area contributed by atoms with Crippen LogP contribution in [0.2, 0.25) is 0 Å². The number of rotatable bonds is 5. The van der Waals surface area contributed by atoms with Gasteiger partial charge in [0.15, 0.2) is 0 Å². The highest BCUT2D eigenvalue weighted by molar-refractivity contribution is 5.38. The molecule has 0 spiro atoms. The smallest absolute Gasteiger partial charge is 0.404 e. The summed E-state index contributed by atoms with van der Waals surface area (Å²) in [7, 11) is 0. The van der Waals surface area contributed by atoms with E-state index in [1.807, 2.05) is 13.8 Å². The van der Waals surface area contributed by atoms with E-state index in [0.29, 0.717) is 5.82 Å². The van der Waals surface area contributed by atoms with Crippen molar-refractivity contribution in [1.29, 1.82) is 0 Å². The number of pyridine rings is 1. The Morgan fingerprint density at radius 3 is 2.50 bits per heavy atom. The van der Waals surface area contributed by atoms with E-state index in [0.717, 1.165) is 6.20 Å². The van der Waals surface area contributed by atoms with Gasteiger partial charge in [-0.05, 0) is 25.0 Å². The maximum atomic E-state index is 11.9. The fourth-order valence-corrected chi connectivity index (χ4v) is 1.19. The predicted molar refractivity (Wildman–Crippen MR) is 60.3 cm³/mol. The predicted octanol–water partition coefficient (Wildman–Crippen LogP) is 2.41. The Hall–Kier alpha value is -1.50. The Kier molecular flexibility index (Phi) is 4.77. The molecule has 7 heteroatoms. The molecule has 1 heterocycles. The van der Waals surface area contributed by atoms with Crippen molar-refractivity contribution >= 4 is 5.82 Å². The molecular weight excluding hydrogens is 249 g/mol. The second-order valence-electron chi connectivity index (χ2n) is 4.02. The molecular formula is C11H15F3N2O2. The highest BCUT2D eigenvalue weighted by Gasteiger charge is 2.31. The Labute approximate surface area is 103 Å². The third-order valence-electron chi connectivity index (χ3n) is 2.49. The van der Waals surface area contributed by atoms with E-state index in [2.05, 4.69) is 15.0 Å². The molecule has 102 valence electrons. The molecule has 4 nitrogen and oxygen atoms in total. The van der Waals surface area contributed by atoms with Gasteiger partial charge in [0.25, 0.3) is 0 Å². The third-order valence-corrected chi connectivity index (χ3v) is 2.49. The fourth-order valence-electron chi connectivity index (χ4n) is 1.19. The zero-order valence-corrected chi connectivity index (χ0v) is 10.0. The van der Waals surface area contributed by atoms with Crippen LogP contribution in [0, 0.1) is 5.92 Å². The second kappa shape index (κ2) is 5.90. The standard InChI is InChI=1S/C11H15F3N2O2/c1-7(6-17)8(2)16-10-4-3-9(5-15-10)18-11(12,13)14/h3-5,7-8,17H,6H2,1-2H3,(H,15,16). The number of nitrogens with one attached hydrogen (secondary N) is 1. The minimum Gasteiger partial charge on any atom is -0.404 e. The zero-order chi connectivity index (χ0) is 13.8. The van der Waals surface area contributed by atoms with Gasteiger partial charge >= 0.3 is 6.36 Å². The van der Waals surface area contributed by atoms with Gasteiger partial charge in [-0.3, -0.25) is 0 Å². The first-order valence-corrected chi connectivity index (χ1v) is 5.41. The van der Waals surface area contributed by atoms with E-state index < -0.39 is 6.36 Å². The Morgan fingerprint density at radius 1 is 1.39 bits per heavy atom. The quantitative estimate of drug-likeness (QED) is 0.857. The van der Waals surface area contributed by atoms with E-state index >= 15 is 0 Å². The summed E-state index contributed by atoms with van der Waals surface area (Å²) in [5.74, 6) is 0.0751. The number of ether oxygens (including phenoxy) is 1. The van der Waals surface area contributed by atoms with E-state index in [-0.39, 0.29) is 24.3 Å². The molecule has 2 atom stereocenters. The Bertz CT molecular complexity index is 368. The number of aliphatic hydroxyl groups excluding tert-OH is 1. The zero-order valence-electron chi connectivity index (χ0n) is 10.0. The highest BCUT2D eigenvalue weighted by Crippen LogP contribution is 2.22. The lowest BCUT2D eigenvalue weighted by molar-refractivity contribution is -0.274. The molecule has 0 fully saturated rings. The number of nitrogens with zero attached hydrogens (tertiary/aromatic N) is 1. The Balaban J connectivity index is 2.60. The van der Waals surface area contributed by atoms with Gasteiger partial charge in [-0.1, -0.05) is 6.92 Å². The van der Waals surface area contributed by atoms with Crippen molar-refractivity contribution in [2.24, 2.45) is 5.92 Å². The average molecular weight is 264 g/mol. The fraction of sp³-hybridized carbons (Fsp3) is 0.545. The topological polar surface area (TPSA) is 54.4 Å². The van der Waals surface area contributed by atoms with Gasteiger partial charge in [0.05, 0.1) is 6.20 Å². The molecule has 0 aliphatic heterocycles. The van der Waals surface area contributed by atoms with Crippen molar-refractivity contribution in [3.8, 4) is 5.75 Å². The van der Waals surface area contributed by atoms with E-state index in [1.165, 1.54) is 12.1 Å². The lowest BCUT2D eigenvalue weighted by Crippen LogP contribution is -2.26. The highest BCUT2D eigenvalue weighted by atomic mass is 19.4. The molecule has 2 N–H and O–H groups in total. The van der Waals surface area contributed by atoms with Gasteiger partial charge in [-0.15, -0.1) is 13.2 Å². The van der Waals surface area contributed by atoms with Crippen LogP contribution in [0.5, 0.6) is 5.75 Å². The Morgan fingerprint density at radius 2 is 2.06 bits per heavy atom. The van der Waals surface area contributed by atoms with Gasteiger partial charge in [0.1, 0.15) is 11.6 Å². The molecule has 0 saturated heterocycles. The molecule has 2 unspecified atom stereocenters. The van der Waals surface area contributed by atoms with Crippen molar-refractivity contribution in [3.63, 3.8) is 0 Å². The third kappa shape index (κ3) is 4.79. The lowest BCUT2D eigenvalue weighted by atomic mass is 10.1. The molecule has 1 rings (SSSR count). The molecule has 18 heavy (non-hydrogen) atoms. The average Bonchev–Trinajstić information content (AvgIpc) is 2.28. The molecule has 1 aromatic heterocycles. The molecule has 0 aromatic carbocycles. The van der Waals surface area contributed by atoms with Crippen LogP contribution in [0.1, 0.15) is 13.8 Å². The summed E-state index contributed by atoms with van der Waals surface area (Å²) in [6.07, 6.45) is -3.72. The van der Waals surface area contributed by atoms with Crippen LogP contribution in [0.15, 0.2) is 18.3 Å². The molecule has 0 amide bonds. The number of hydrogen-bond donors (Lipinski definition) is 2. The first-order chi connectivity index (χ1) is 8.31. The van der Waals surface area contributed by atoms with Crippen LogP contribution in [-0.2, 0) is 0 Å². The van der Waals surface area contributed by atoms with Crippen LogP contribution < -0.4 is 10.1 Å². The lowest BCUT2D eigenvalue weighted by Gasteiger charge is -2.19. The summed E-state index contributed by atoms with van der Waals surface area (Å²) in [6.45, 7) is 3.71. The summed E-state index contributed by atoms with van der Waals surface area (Å²) in [5.41, 5.74) is 0. The number of alkyl halides is 3. The summed E-state index contributed by atoms with van der Waals surface area (Å²) < 4.78 is 39.4. The van der Waals surface area contributed by atoms with Crippen molar-refractivity contribution in [2.75, 3.05) is 11.9 Å². The van der Waals surface area contributed by atoms with Gasteiger partial charge in [0.2, 0.25) is 0 Å². The van der Waals surface area contributed by atoms with Crippen LogP contribution in [0.4, 0.5) is 19.0 Å². The van der Waals surface area contributed by atoms with Gasteiger partial charge in [-0.2, -0.15) is 0 Å². The van der Waals surface area contributed by atoms with E-state index in [4.69, 9.17) is 5.11 Å². The number of hydrogen-bond acceptors (Lipinski definition) is 4. The summed E-state index contributed by atoms with van der Waals surface area (Å²) in [6, 6.07) is 2.53. The normalized spacial score (nSPS) is 15.0. The number of anilines is 1. The van der Waals surface area contributed by atoms with Crippen molar-refractivity contribution in [1.82, 2.24) is 4.98 Å². The summed E-state index contributed by atoms with van der Waals surface area (Å²) in [5, 5.41) is 11.9. The van der Waals surface area contributed by atoms with Crippen LogP contribution >= 0.6 is 0 Å². The van der Waals surface area contributed by atoms with Gasteiger partial charge in [-0.25, -0.2) is 4.98 Å². The first kappa shape index (κ1) is 14.6. The molecule has 0 radical (unpaired) electrons. The molecule has 1 aromatic rings. The second-order valence-corrected chi connectivity index (χ2v) is 4.02. The van der Waals surface area contributed by atoms with E-state index in [1.54, 1.807) is 0 Å². The van der Waals surface area contributed by atoms with Crippen LogP contribution in [0.3, 0.4) is 0 Å². The number of aliphatic hydroxyl groups is 1. The minimum atomic E-state index is -4.71. The SMILES string of the molecule is CC(CO)C(C)Nc1ccc(OC(F)(F)F)cn1. The number of halogens is 3. The maximum Gasteiger partial charge on any atom is 0.573 e. The van der Waals surface area contributed by atoms with Crippen LogP contribution in [-0.4, -0.2) is 29.1 Å². The van der Waals surface area contributed by atoms with Crippen molar-refractivity contribution < 1.29 is 23.0 Å². The molecule has 0 saturated carbocycles.